The lowest BCUT2D eigenvalue weighted by atomic mass is 10.2. The molecule has 0 spiro atoms. The molecule has 1 aromatic heterocycles. The molecule has 5 heteroatoms. The summed E-state index contributed by atoms with van der Waals surface area (Å²) in [6.45, 7) is 8.11. The summed E-state index contributed by atoms with van der Waals surface area (Å²) >= 11 is 1.45. The van der Waals surface area contributed by atoms with E-state index >= 15 is 0 Å². The van der Waals surface area contributed by atoms with Crippen LogP contribution in [0.15, 0.2) is 6.07 Å². The van der Waals surface area contributed by atoms with Gasteiger partial charge in [-0.15, -0.1) is 11.3 Å². The highest BCUT2D eigenvalue weighted by Crippen LogP contribution is 2.30. The fourth-order valence-electron chi connectivity index (χ4n) is 1.76. The Balaban J connectivity index is 2.48. The first-order valence-electron chi connectivity index (χ1n) is 6.86. The topological polar surface area (TPSA) is 58.4 Å². The van der Waals surface area contributed by atoms with E-state index < -0.39 is 0 Å². The minimum Gasteiger partial charge on any atom is -0.397 e. The molecule has 0 bridgehead atoms. The number of anilines is 2. The average Bonchev–Trinajstić information content (AvgIpc) is 2.77. The Bertz CT molecular complexity index is 417. The molecule has 3 N–H and O–H groups in total. The average molecular weight is 283 g/mol. The zero-order chi connectivity index (χ0) is 14.4. The highest BCUT2D eigenvalue weighted by molar-refractivity contribution is 7.18. The Hall–Kier alpha value is -1.07. The van der Waals surface area contributed by atoms with Gasteiger partial charge in [-0.25, -0.2) is 0 Å². The molecule has 0 saturated heterocycles. The minimum atomic E-state index is 0.118. The number of nitrogens with zero attached hydrogens (tertiary/aromatic N) is 1. The largest absolute Gasteiger partial charge is 0.397 e. The first-order chi connectivity index (χ1) is 8.99. The van der Waals surface area contributed by atoms with Crippen molar-refractivity contribution in [2.45, 2.75) is 39.7 Å². The van der Waals surface area contributed by atoms with Crippen LogP contribution in [0.4, 0.5) is 10.7 Å². The first-order valence-corrected chi connectivity index (χ1v) is 7.67. The Labute approximate surface area is 120 Å². The maximum Gasteiger partial charge on any atom is 0.174 e. The molecule has 0 fully saturated rings. The van der Waals surface area contributed by atoms with E-state index in [1.165, 1.54) is 11.3 Å². The third kappa shape index (κ3) is 4.51. The number of carbonyl (C=O) groups is 1. The number of Topliss-reactive ketones (excluding diaryl/α,β-unsaturated/α-hetero) is 1. The molecule has 19 heavy (non-hydrogen) atoms. The molecule has 1 unspecified atom stereocenters. The van der Waals surface area contributed by atoms with Crippen molar-refractivity contribution in [3.63, 3.8) is 0 Å². The zero-order valence-electron chi connectivity index (χ0n) is 12.3. The lowest BCUT2D eigenvalue weighted by molar-refractivity contribution is 0.0993. The number of hydrogen-bond donors (Lipinski definition) is 2. The van der Waals surface area contributed by atoms with Crippen LogP contribution in [0, 0.1) is 0 Å². The van der Waals surface area contributed by atoms with Gasteiger partial charge < -0.3 is 16.0 Å². The smallest absolute Gasteiger partial charge is 0.174 e. The van der Waals surface area contributed by atoms with Gasteiger partial charge in [0.25, 0.3) is 0 Å². The molecule has 1 aromatic rings. The van der Waals surface area contributed by atoms with E-state index in [4.69, 9.17) is 5.73 Å². The zero-order valence-corrected chi connectivity index (χ0v) is 13.1. The van der Waals surface area contributed by atoms with Crippen molar-refractivity contribution in [1.29, 1.82) is 0 Å². The van der Waals surface area contributed by atoms with Gasteiger partial charge in [-0.2, -0.15) is 0 Å². The molecule has 0 aliphatic carbocycles. The quantitative estimate of drug-likeness (QED) is 0.720. The van der Waals surface area contributed by atoms with Crippen LogP contribution in [0.25, 0.3) is 0 Å². The molecule has 0 aliphatic rings. The van der Waals surface area contributed by atoms with Crippen LogP contribution in [0.1, 0.15) is 43.3 Å². The third-order valence-corrected chi connectivity index (χ3v) is 4.59. The molecule has 108 valence electrons. The summed E-state index contributed by atoms with van der Waals surface area (Å²) in [7, 11) is 2.13. The number of likely N-dealkylation sites (N-methyl/N-ethyl adjacent to an activating group) is 1. The summed E-state index contributed by atoms with van der Waals surface area (Å²) in [6.07, 6.45) is 1.65. The van der Waals surface area contributed by atoms with Crippen LogP contribution in [0.5, 0.6) is 0 Å². The maximum atomic E-state index is 11.7. The van der Waals surface area contributed by atoms with Crippen LogP contribution < -0.4 is 11.1 Å². The van der Waals surface area contributed by atoms with Crippen LogP contribution in [0.3, 0.4) is 0 Å². The van der Waals surface area contributed by atoms with Crippen LogP contribution in [0.2, 0.25) is 0 Å². The van der Waals surface area contributed by atoms with Crippen molar-refractivity contribution in [2.75, 3.05) is 31.2 Å². The van der Waals surface area contributed by atoms with Gasteiger partial charge in [-0.3, -0.25) is 4.79 Å². The van der Waals surface area contributed by atoms with E-state index in [0.717, 1.165) is 24.5 Å². The number of rotatable bonds is 8. The summed E-state index contributed by atoms with van der Waals surface area (Å²) in [5.74, 6) is 0.118. The number of nitrogens with one attached hydrogen (secondary N) is 1. The predicted octanol–water partition coefficient (Wildman–Crippen LogP) is 3.07. The number of nitrogen functional groups attached to an aromatic ring is 1. The van der Waals surface area contributed by atoms with Gasteiger partial charge >= 0.3 is 0 Å². The number of thiophene rings is 1. The molecule has 0 amide bonds. The van der Waals surface area contributed by atoms with E-state index in [1.54, 1.807) is 0 Å². The van der Waals surface area contributed by atoms with Crippen molar-refractivity contribution in [2.24, 2.45) is 0 Å². The maximum absolute atomic E-state index is 11.7. The van der Waals surface area contributed by atoms with E-state index in [2.05, 4.69) is 31.1 Å². The lowest BCUT2D eigenvalue weighted by Crippen LogP contribution is -2.32. The minimum absolute atomic E-state index is 0.118. The molecule has 0 aromatic carbocycles. The van der Waals surface area contributed by atoms with Gasteiger partial charge in [0, 0.05) is 25.6 Å². The van der Waals surface area contributed by atoms with E-state index in [-0.39, 0.29) is 5.78 Å². The third-order valence-electron chi connectivity index (χ3n) is 3.44. The van der Waals surface area contributed by atoms with Gasteiger partial charge in [0.15, 0.2) is 5.78 Å². The molecule has 4 nitrogen and oxygen atoms in total. The molecule has 0 radical (unpaired) electrons. The van der Waals surface area contributed by atoms with Gasteiger partial charge in [0.2, 0.25) is 0 Å². The molecule has 1 heterocycles. The van der Waals surface area contributed by atoms with Gasteiger partial charge in [0.1, 0.15) is 0 Å². The van der Waals surface area contributed by atoms with Crippen LogP contribution in [-0.4, -0.2) is 36.9 Å². The highest BCUT2D eigenvalue weighted by Gasteiger charge is 2.12. The molecule has 0 aliphatic heterocycles. The van der Waals surface area contributed by atoms with Gasteiger partial charge in [-0.05, 0) is 26.5 Å². The monoisotopic (exact) mass is 283 g/mol. The standard InChI is InChI=1S/C14H25N3OS/c1-5-10(3)17(4)8-7-16-13-9-11(15)14(19-13)12(18)6-2/h9-10,16H,5-8,15H2,1-4H3. The van der Waals surface area contributed by atoms with E-state index in [1.807, 2.05) is 13.0 Å². The number of ketones is 1. The Morgan fingerprint density at radius 3 is 2.79 bits per heavy atom. The van der Waals surface area contributed by atoms with Gasteiger partial charge in [-0.1, -0.05) is 13.8 Å². The normalized spacial score (nSPS) is 12.7. The van der Waals surface area contributed by atoms with Crippen LogP contribution >= 0.6 is 11.3 Å². The molecular formula is C14H25N3OS. The number of nitrogens with two attached hydrogens (primary N) is 1. The van der Waals surface area contributed by atoms with Gasteiger partial charge in [0.05, 0.1) is 15.6 Å². The Morgan fingerprint density at radius 1 is 1.53 bits per heavy atom. The fraction of sp³-hybridized carbons (Fsp3) is 0.643. The first kappa shape index (κ1) is 16.0. The van der Waals surface area contributed by atoms with Crippen molar-refractivity contribution in [1.82, 2.24) is 4.90 Å². The summed E-state index contributed by atoms with van der Waals surface area (Å²) in [4.78, 5) is 14.7. The van der Waals surface area contributed by atoms with Crippen molar-refractivity contribution in [3.8, 4) is 0 Å². The molecule has 1 rings (SSSR count). The van der Waals surface area contributed by atoms with E-state index in [9.17, 15) is 4.79 Å². The highest BCUT2D eigenvalue weighted by atomic mass is 32.1. The van der Waals surface area contributed by atoms with Crippen molar-refractivity contribution < 1.29 is 4.79 Å². The van der Waals surface area contributed by atoms with Crippen LogP contribution in [-0.2, 0) is 0 Å². The second kappa shape index (κ2) is 7.50. The lowest BCUT2D eigenvalue weighted by Gasteiger charge is -2.23. The summed E-state index contributed by atoms with van der Waals surface area (Å²) in [5, 5.41) is 4.32. The van der Waals surface area contributed by atoms with Crippen molar-refractivity contribution >= 4 is 27.8 Å². The summed E-state index contributed by atoms with van der Waals surface area (Å²) in [6, 6.07) is 2.45. The second-order valence-corrected chi connectivity index (χ2v) is 5.89. The predicted molar refractivity (Wildman–Crippen MR) is 84.2 cm³/mol. The Morgan fingerprint density at radius 2 is 2.21 bits per heavy atom. The number of carbonyl (C=O) groups excluding carboxylic acids is 1. The van der Waals surface area contributed by atoms with Crippen molar-refractivity contribution in [3.05, 3.63) is 10.9 Å². The molecule has 1 atom stereocenters. The molecule has 0 saturated carbocycles. The second-order valence-electron chi connectivity index (χ2n) is 4.84. The molecular weight excluding hydrogens is 258 g/mol. The Kier molecular flexibility index (Phi) is 6.31. The summed E-state index contributed by atoms with van der Waals surface area (Å²) < 4.78 is 0. The number of hydrogen-bond acceptors (Lipinski definition) is 5. The summed E-state index contributed by atoms with van der Waals surface area (Å²) in [5.41, 5.74) is 6.45. The fourth-order valence-corrected chi connectivity index (χ4v) is 2.77. The van der Waals surface area contributed by atoms with E-state index in [0.29, 0.717) is 23.0 Å². The SMILES string of the molecule is CCC(=O)c1sc(NCCN(C)C(C)CC)cc1N.